The van der Waals surface area contributed by atoms with Gasteiger partial charge in [-0.05, 0) is 30.7 Å². The lowest BCUT2D eigenvalue weighted by atomic mass is 10.1. The van der Waals surface area contributed by atoms with Crippen LogP contribution in [0.1, 0.15) is 33.6 Å². The van der Waals surface area contributed by atoms with Gasteiger partial charge in [0.05, 0.1) is 10.5 Å². The van der Waals surface area contributed by atoms with Crippen molar-refractivity contribution in [1.82, 2.24) is 4.90 Å². The van der Waals surface area contributed by atoms with E-state index in [1.807, 2.05) is 0 Å². The van der Waals surface area contributed by atoms with Gasteiger partial charge in [0, 0.05) is 36.6 Å². The van der Waals surface area contributed by atoms with Crippen molar-refractivity contribution < 1.29 is 28.5 Å². The number of carbonyl (C=O) groups excluding carboxylic acids is 3. The number of nitrogens with zero attached hydrogens (tertiary/aromatic N) is 2. The molecule has 0 bridgehead atoms. The molecule has 10 heteroatoms. The first-order valence-corrected chi connectivity index (χ1v) is 9.23. The third-order valence-corrected chi connectivity index (χ3v) is 4.76. The summed E-state index contributed by atoms with van der Waals surface area (Å²) in [6, 6.07) is 11.3. The highest BCUT2D eigenvalue weighted by molar-refractivity contribution is 6.23. The first-order valence-electron chi connectivity index (χ1n) is 9.23. The van der Waals surface area contributed by atoms with Gasteiger partial charge in [0.15, 0.2) is 0 Å². The van der Waals surface area contributed by atoms with E-state index in [-0.39, 0.29) is 41.8 Å². The van der Waals surface area contributed by atoms with Crippen LogP contribution in [0.5, 0.6) is 5.75 Å². The highest BCUT2D eigenvalue weighted by Crippen LogP contribution is 2.30. The predicted molar refractivity (Wildman–Crippen MR) is 106 cm³/mol. The van der Waals surface area contributed by atoms with Crippen LogP contribution >= 0.6 is 0 Å². The Morgan fingerprint density at radius 2 is 1.84 bits per heavy atom. The molecular weight excluding hydrogens is 408 g/mol. The van der Waals surface area contributed by atoms with Crippen LogP contribution in [0.2, 0.25) is 0 Å². The zero-order chi connectivity index (χ0) is 22.1. The molecule has 1 aliphatic rings. The molecule has 0 N–H and O–H groups in total. The van der Waals surface area contributed by atoms with E-state index in [4.69, 9.17) is 9.15 Å². The maximum Gasteiger partial charge on any atom is 0.336 e. The van der Waals surface area contributed by atoms with Crippen LogP contribution in [0.25, 0.3) is 11.0 Å². The second kappa shape index (κ2) is 7.82. The Bertz CT molecular complexity index is 1310. The number of fused-ring (bicyclic) bond motifs is 2. The number of esters is 1. The summed E-state index contributed by atoms with van der Waals surface area (Å²) in [6.45, 7) is -0.0921. The maximum atomic E-state index is 12.5. The minimum absolute atomic E-state index is 0.0283. The van der Waals surface area contributed by atoms with E-state index in [1.54, 1.807) is 18.2 Å². The molecule has 1 aromatic heterocycles. The van der Waals surface area contributed by atoms with Gasteiger partial charge in [0.25, 0.3) is 17.5 Å². The van der Waals surface area contributed by atoms with Crippen molar-refractivity contribution in [3.05, 3.63) is 80.2 Å². The van der Waals surface area contributed by atoms with Crippen LogP contribution < -0.4 is 10.4 Å². The summed E-state index contributed by atoms with van der Waals surface area (Å²) >= 11 is 0. The fourth-order valence-corrected chi connectivity index (χ4v) is 3.34. The summed E-state index contributed by atoms with van der Waals surface area (Å²) in [5.74, 6) is -1.82. The Labute approximate surface area is 173 Å². The first kappa shape index (κ1) is 20.0. The summed E-state index contributed by atoms with van der Waals surface area (Å²) in [7, 11) is 0. The van der Waals surface area contributed by atoms with Crippen LogP contribution in [-0.4, -0.2) is 34.2 Å². The zero-order valence-electron chi connectivity index (χ0n) is 15.9. The third-order valence-electron chi connectivity index (χ3n) is 4.76. The molecule has 2 heterocycles. The average molecular weight is 422 g/mol. The fraction of sp³-hybridized carbons (Fsp3) is 0.143. The number of rotatable bonds is 6. The first-order chi connectivity index (χ1) is 14.8. The molecule has 0 aliphatic carbocycles. The van der Waals surface area contributed by atoms with E-state index < -0.39 is 34.0 Å². The fourth-order valence-electron chi connectivity index (χ4n) is 3.34. The molecule has 0 unspecified atom stereocenters. The lowest BCUT2D eigenvalue weighted by Gasteiger charge is -2.13. The van der Waals surface area contributed by atoms with E-state index in [2.05, 4.69) is 0 Å². The number of imide groups is 1. The summed E-state index contributed by atoms with van der Waals surface area (Å²) in [5.41, 5.74) is -0.958. The number of nitro groups is 1. The summed E-state index contributed by atoms with van der Waals surface area (Å²) in [5, 5.41) is 11.8. The number of benzene rings is 2. The molecule has 0 fully saturated rings. The second-order valence-corrected chi connectivity index (χ2v) is 6.75. The maximum absolute atomic E-state index is 12.5. The molecule has 1 aliphatic heterocycles. The van der Waals surface area contributed by atoms with Crippen molar-refractivity contribution in [2.24, 2.45) is 0 Å². The monoisotopic (exact) mass is 422 g/mol. The zero-order valence-corrected chi connectivity index (χ0v) is 15.9. The lowest BCUT2D eigenvalue weighted by molar-refractivity contribution is -0.385. The molecule has 31 heavy (non-hydrogen) atoms. The number of carbonyl (C=O) groups is 3. The van der Waals surface area contributed by atoms with E-state index in [0.29, 0.717) is 5.39 Å². The average Bonchev–Trinajstić information content (AvgIpc) is 2.98. The van der Waals surface area contributed by atoms with Crippen LogP contribution in [0.15, 0.2) is 57.7 Å². The lowest BCUT2D eigenvalue weighted by Crippen LogP contribution is -2.31. The smallest absolute Gasteiger partial charge is 0.336 e. The Hall–Kier alpha value is -4.34. The second-order valence-electron chi connectivity index (χ2n) is 6.75. The molecule has 0 radical (unpaired) electrons. The summed E-state index contributed by atoms with van der Waals surface area (Å²) < 4.78 is 10.3. The van der Waals surface area contributed by atoms with Crippen molar-refractivity contribution in [3.8, 4) is 5.75 Å². The van der Waals surface area contributed by atoms with Gasteiger partial charge in [0.2, 0.25) is 0 Å². The van der Waals surface area contributed by atoms with Gasteiger partial charge in [-0.2, -0.15) is 0 Å². The quantitative estimate of drug-likeness (QED) is 0.148. The molecule has 3 aromatic rings. The molecule has 2 aromatic carbocycles. The molecule has 0 saturated heterocycles. The molecule has 0 atom stereocenters. The molecule has 10 nitrogen and oxygen atoms in total. The third kappa shape index (κ3) is 3.78. The largest absolute Gasteiger partial charge is 0.426 e. The van der Waals surface area contributed by atoms with E-state index in [0.717, 1.165) is 11.0 Å². The highest BCUT2D eigenvalue weighted by atomic mass is 16.6. The number of hydrogen-bond donors (Lipinski definition) is 0. The number of amides is 2. The van der Waals surface area contributed by atoms with Crippen LogP contribution in [0.4, 0.5) is 5.69 Å². The van der Waals surface area contributed by atoms with E-state index >= 15 is 0 Å². The molecule has 0 saturated carbocycles. The highest BCUT2D eigenvalue weighted by Gasteiger charge is 2.40. The predicted octanol–water partition coefficient (Wildman–Crippen LogP) is 2.68. The van der Waals surface area contributed by atoms with Crippen LogP contribution in [0, 0.1) is 10.1 Å². The van der Waals surface area contributed by atoms with Crippen molar-refractivity contribution in [2.45, 2.75) is 12.8 Å². The van der Waals surface area contributed by atoms with Crippen LogP contribution in [0.3, 0.4) is 0 Å². The van der Waals surface area contributed by atoms with Crippen molar-refractivity contribution in [1.29, 1.82) is 0 Å². The molecule has 2 amide bonds. The molecule has 4 rings (SSSR count). The Morgan fingerprint density at radius 1 is 1.06 bits per heavy atom. The van der Waals surface area contributed by atoms with Gasteiger partial charge >= 0.3 is 11.6 Å². The van der Waals surface area contributed by atoms with E-state index in [1.165, 1.54) is 24.3 Å². The van der Waals surface area contributed by atoms with Gasteiger partial charge in [-0.3, -0.25) is 29.4 Å². The molecular formula is C21H14N2O8. The van der Waals surface area contributed by atoms with Gasteiger partial charge in [-0.25, -0.2) is 4.79 Å². The Kier molecular flexibility index (Phi) is 5.04. The van der Waals surface area contributed by atoms with Crippen LogP contribution in [-0.2, 0) is 4.79 Å². The Morgan fingerprint density at radius 3 is 2.61 bits per heavy atom. The molecule has 0 spiro atoms. The minimum Gasteiger partial charge on any atom is -0.426 e. The van der Waals surface area contributed by atoms with Gasteiger partial charge in [-0.15, -0.1) is 0 Å². The Balaban J connectivity index is 1.38. The standard InChI is InChI=1S/C21H14N2O8/c24-17(30-13-8-6-12-7-9-18(25)31-16(12)11-13)5-2-10-22-20(26)14-3-1-4-15(23(28)29)19(14)21(22)27/h1,3-4,6-9,11H,2,5,10H2. The van der Waals surface area contributed by atoms with Gasteiger partial charge in [0.1, 0.15) is 16.9 Å². The number of hydrogen-bond acceptors (Lipinski definition) is 8. The minimum atomic E-state index is -0.759. The van der Waals surface area contributed by atoms with Crippen molar-refractivity contribution >= 4 is 34.4 Å². The van der Waals surface area contributed by atoms with Gasteiger partial charge < -0.3 is 9.15 Å². The van der Waals surface area contributed by atoms with Crippen molar-refractivity contribution in [2.75, 3.05) is 6.54 Å². The number of nitro benzene ring substituents is 1. The van der Waals surface area contributed by atoms with E-state index in [9.17, 15) is 29.3 Å². The number of ether oxygens (including phenoxy) is 1. The summed E-state index contributed by atoms with van der Waals surface area (Å²) in [6.07, 6.45) is 0.00698. The normalized spacial score (nSPS) is 12.8. The SMILES string of the molecule is O=C(CCCN1C(=O)c2cccc([N+](=O)[O-])c2C1=O)Oc1ccc2ccc(=O)oc2c1. The molecule has 156 valence electrons. The topological polar surface area (TPSA) is 137 Å². The van der Waals surface area contributed by atoms with Crippen molar-refractivity contribution in [3.63, 3.8) is 0 Å². The van der Waals surface area contributed by atoms with Gasteiger partial charge in [-0.1, -0.05) is 6.07 Å². The summed E-state index contributed by atoms with van der Waals surface area (Å²) in [4.78, 5) is 59.7.